The first-order valence-electron chi connectivity index (χ1n) is 19.7. The van der Waals surface area contributed by atoms with Crippen LogP contribution in [0.4, 0.5) is 0 Å². The van der Waals surface area contributed by atoms with Crippen LogP contribution in [0.2, 0.25) is 0 Å². The van der Waals surface area contributed by atoms with Crippen LogP contribution in [-0.4, -0.2) is 14.5 Å². The molecule has 0 spiro atoms. The molecule has 13 rings (SSSR count). The van der Waals surface area contributed by atoms with E-state index in [1.807, 2.05) is 11.3 Å². The fourth-order valence-electron chi connectivity index (χ4n) is 9.36. The number of aromatic nitrogens is 3. The molecule has 3 heterocycles. The van der Waals surface area contributed by atoms with Gasteiger partial charge in [0.25, 0.3) is 0 Å². The number of rotatable bonds is 4. The van der Waals surface area contributed by atoms with Crippen molar-refractivity contribution in [3.63, 3.8) is 0 Å². The number of thiophene rings is 1. The number of fused-ring (bicyclic) bond motifs is 10. The molecule has 0 unspecified atom stereocenters. The van der Waals surface area contributed by atoms with Gasteiger partial charge >= 0.3 is 0 Å². The molecule has 9 aromatic carbocycles. The van der Waals surface area contributed by atoms with Gasteiger partial charge in [0, 0.05) is 53.1 Å². The van der Waals surface area contributed by atoms with Crippen molar-refractivity contribution < 1.29 is 0 Å². The van der Waals surface area contributed by atoms with Gasteiger partial charge in [-0.1, -0.05) is 115 Å². The Bertz CT molecular complexity index is 3690. The van der Waals surface area contributed by atoms with E-state index in [1.54, 1.807) is 0 Å². The Kier molecular flexibility index (Phi) is 6.60. The lowest BCUT2D eigenvalue weighted by Crippen LogP contribution is -1.93. The summed E-state index contributed by atoms with van der Waals surface area (Å²) in [5, 5.41) is 8.62. The summed E-state index contributed by atoms with van der Waals surface area (Å²) in [6, 6.07) is 68.6. The highest BCUT2D eigenvalue weighted by Gasteiger charge is 2.24. The van der Waals surface area contributed by atoms with Crippen molar-refractivity contribution in [1.29, 1.82) is 0 Å². The lowest BCUT2D eigenvalue weighted by molar-refractivity contribution is 1.18. The highest BCUT2D eigenvalue weighted by Crippen LogP contribution is 2.46. The van der Waals surface area contributed by atoms with Gasteiger partial charge in [-0.25, -0.2) is 9.97 Å². The average Bonchev–Trinajstić information content (AvgIpc) is 3.94. The van der Waals surface area contributed by atoms with E-state index in [-0.39, 0.29) is 0 Å². The van der Waals surface area contributed by atoms with Crippen molar-refractivity contribution in [3.8, 4) is 61.7 Å². The van der Waals surface area contributed by atoms with Gasteiger partial charge in [-0.3, -0.25) is 0 Å². The molecule has 1 aliphatic rings. The minimum absolute atomic E-state index is 0.755. The quantitative estimate of drug-likeness (QED) is 0.179. The molecule has 0 bridgehead atoms. The van der Waals surface area contributed by atoms with Crippen molar-refractivity contribution in [2.45, 2.75) is 0 Å². The van der Waals surface area contributed by atoms with Gasteiger partial charge in [-0.05, 0) is 117 Å². The Hall–Kier alpha value is -7.40. The van der Waals surface area contributed by atoms with Crippen LogP contribution in [-0.2, 0) is 0 Å². The first-order chi connectivity index (χ1) is 28.7. The minimum Gasteiger partial charge on any atom is -0.309 e. The topological polar surface area (TPSA) is 30.7 Å². The third kappa shape index (κ3) is 4.67. The maximum absolute atomic E-state index is 5.17. The molecule has 0 N–H and O–H groups in total. The van der Waals surface area contributed by atoms with Crippen LogP contribution in [0, 0.1) is 0 Å². The van der Waals surface area contributed by atoms with Gasteiger partial charge in [0.15, 0.2) is 5.82 Å². The smallest absolute Gasteiger partial charge is 0.160 e. The van der Waals surface area contributed by atoms with Crippen molar-refractivity contribution in [2.75, 3.05) is 0 Å². The number of benzene rings is 9. The summed E-state index contributed by atoms with van der Waals surface area (Å²) in [7, 11) is 0. The normalized spacial score (nSPS) is 12.1. The van der Waals surface area contributed by atoms with Gasteiger partial charge in [0.05, 0.1) is 22.2 Å². The Morgan fingerprint density at radius 2 is 0.966 bits per heavy atom. The number of hydrogen-bond donors (Lipinski definition) is 0. The van der Waals surface area contributed by atoms with Crippen LogP contribution in [0.15, 0.2) is 188 Å². The molecule has 58 heavy (non-hydrogen) atoms. The lowest BCUT2D eigenvalue weighted by Gasteiger charge is -2.10. The molecule has 268 valence electrons. The zero-order chi connectivity index (χ0) is 37.9. The third-order valence-electron chi connectivity index (χ3n) is 12.1. The van der Waals surface area contributed by atoms with E-state index in [0.717, 1.165) is 39.1 Å². The highest BCUT2D eigenvalue weighted by molar-refractivity contribution is 7.25. The summed E-state index contributed by atoms with van der Waals surface area (Å²) in [6.07, 6.45) is 0. The summed E-state index contributed by atoms with van der Waals surface area (Å²) in [5.74, 6) is 0.755. The van der Waals surface area contributed by atoms with Gasteiger partial charge in [0.2, 0.25) is 0 Å². The van der Waals surface area contributed by atoms with Crippen LogP contribution in [0.5, 0.6) is 0 Å². The summed E-state index contributed by atoms with van der Waals surface area (Å²) in [5.41, 5.74) is 15.0. The Labute approximate surface area is 337 Å². The predicted molar refractivity (Wildman–Crippen MR) is 245 cm³/mol. The summed E-state index contributed by atoms with van der Waals surface area (Å²) in [6.45, 7) is 0. The number of hydrogen-bond acceptors (Lipinski definition) is 3. The van der Waals surface area contributed by atoms with Crippen molar-refractivity contribution in [2.24, 2.45) is 0 Å². The average molecular weight is 754 g/mol. The molecule has 0 radical (unpaired) electrons. The van der Waals surface area contributed by atoms with E-state index in [2.05, 4.69) is 193 Å². The maximum Gasteiger partial charge on any atom is 0.160 e. The van der Waals surface area contributed by atoms with Crippen LogP contribution in [0.1, 0.15) is 0 Å². The molecule has 12 aromatic rings. The van der Waals surface area contributed by atoms with E-state index >= 15 is 0 Å². The molecule has 0 amide bonds. The molecule has 0 atom stereocenters. The molecule has 0 saturated carbocycles. The highest BCUT2D eigenvalue weighted by atomic mass is 32.1. The first kappa shape index (κ1) is 31.8. The molecule has 3 aromatic heterocycles. The van der Waals surface area contributed by atoms with E-state index in [4.69, 9.17) is 9.97 Å². The Balaban J connectivity index is 0.925. The van der Waals surface area contributed by atoms with Crippen LogP contribution in [0.25, 0.3) is 125 Å². The molecular weight excluding hydrogens is 723 g/mol. The second-order valence-electron chi connectivity index (χ2n) is 15.4. The van der Waals surface area contributed by atoms with Crippen LogP contribution < -0.4 is 0 Å². The van der Waals surface area contributed by atoms with E-state index in [0.29, 0.717) is 0 Å². The third-order valence-corrected chi connectivity index (χ3v) is 13.3. The van der Waals surface area contributed by atoms with Gasteiger partial charge in [0.1, 0.15) is 0 Å². The molecule has 1 aliphatic carbocycles. The molecule has 4 heteroatoms. The van der Waals surface area contributed by atoms with Crippen molar-refractivity contribution in [3.05, 3.63) is 188 Å². The number of para-hydroxylation sites is 1. The van der Waals surface area contributed by atoms with Crippen LogP contribution in [0.3, 0.4) is 0 Å². The standard InChI is InChI=1S/C54H31N3S/c1-2-9-39(10-3-1)57-48-24-21-35(29-44(48)45-30-36(22-25-49(45)57)37-23-26-51-46(31-37)41-12-6-7-16-50(41)58-51)33-17-18-34-28-38(20-19-32(34)27-33)54-55-47-15-8-14-42-40-11-4-5-13-43(40)53(56-54)52(42)47/h1-31H. The number of nitrogens with zero attached hydrogens (tertiary/aromatic N) is 3. The minimum atomic E-state index is 0.755. The van der Waals surface area contributed by atoms with Gasteiger partial charge < -0.3 is 4.57 Å². The summed E-state index contributed by atoms with van der Waals surface area (Å²) < 4.78 is 5.05. The van der Waals surface area contributed by atoms with Crippen LogP contribution >= 0.6 is 11.3 Å². The van der Waals surface area contributed by atoms with Crippen molar-refractivity contribution in [1.82, 2.24) is 14.5 Å². The molecule has 3 nitrogen and oxygen atoms in total. The first-order valence-corrected chi connectivity index (χ1v) is 20.5. The summed E-state index contributed by atoms with van der Waals surface area (Å²) >= 11 is 1.86. The predicted octanol–water partition coefficient (Wildman–Crippen LogP) is 14.9. The second-order valence-corrected chi connectivity index (χ2v) is 16.4. The van der Waals surface area contributed by atoms with Crippen molar-refractivity contribution >= 4 is 75.0 Å². The SMILES string of the molecule is c1ccc(-n2c3ccc(-c4ccc5cc(-c6nc7c8c(cccc8n6)-c6ccccc6-7)ccc5c4)cc3c3cc(-c4ccc5sc6ccccc6c5c4)ccc32)cc1. The Morgan fingerprint density at radius 3 is 1.76 bits per heavy atom. The monoisotopic (exact) mass is 753 g/mol. The van der Waals surface area contributed by atoms with E-state index in [9.17, 15) is 0 Å². The molecular formula is C54H31N3S. The molecule has 0 aliphatic heterocycles. The van der Waals surface area contributed by atoms with E-state index in [1.165, 1.54) is 86.3 Å². The fraction of sp³-hybridized carbons (Fsp3) is 0. The van der Waals surface area contributed by atoms with E-state index < -0.39 is 0 Å². The second kappa shape index (κ2) is 12.1. The fourth-order valence-corrected chi connectivity index (χ4v) is 10.5. The van der Waals surface area contributed by atoms with Gasteiger partial charge in [-0.15, -0.1) is 11.3 Å². The lowest BCUT2D eigenvalue weighted by atomic mass is 9.97. The zero-order valence-electron chi connectivity index (χ0n) is 31.1. The summed E-state index contributed by atoms with van der Waals surface area (Å²) in [4.78, 5) is 10.2. The molecule has 0 fully saturated rings. The molecule has 0 saturated heterocycles. The zero-order valence-corrected chi connectivity index (χ0v) is 32.0. The van der Waals surface area contributed by atoms with Gasteiger partial charge in [-0.2, -0.15) is 0 Å². The largest absolute Gasteiger partial charge is 0.309 e. The maximum atomic E-state index is 5.17. The Morgan fingerprint density at radius 1 is 0.379 bits per heavy atom.